The second kappa shape index (κ2) is 8.33. The molecule has 0 radical (unpaired) electrons. The van der Waals surface area contributed by atoms with E-state index in [9.17, 15) is 9.59 Å². The number of amides is 2. The Labute approximate surface area is 137 Å². The smallest absolute Gasteiger partial charge is 0.236 e. The highest BCUT2D eigenvalue weighted by molar-refractivity contribution is 5.78. The lowest BCUT2D eigenvalue weighted by atomic mass is 10.0. The minimum absolute atomic E-state index is 0.0620. The van der Waals surface area contributed by atoms with Gasteiger partial charge < -0.3 is 10.2 Å². The van der Waals surface area contributed by atoms with E-state index in [4.69, 9.17) is 5.26 Å². The molecule has 1 aliphatic heterocycles. The molecule has 1 fully saturated rings. The molecule has 0 atom stereocenters. The maximum atomic E-state index is 12.1. The van der Waals surface area contributed by atoms with E-state index >= 15 is 0 Å². The van der Waals surface area contributed by atoms with Crippen molar-refractivity contribution < 1.29 is 9.59 Å². The summed E-state index contributed by atoms with van der Waals surface area (Å²) in [7, 11) is 0. The maximum Gasteiger partial charge on any atom is 0.236 e. The van der Waals surface area contributed by atoms with Crippen molar-refractivity contribution in [3.63, 3.8) is 0 Å². The number of nitrogens with one attached hydrogen (secondary N) is 1. The van der Waals surface area contributed by atoms with Gasteiger partial charge in [-0.25, -0.2) is 0 Å². The summed E-state index contributed by atoms with van der Waals surface area (Å²) in [5.74, 6) is -0.0509. The number of likely N-dealkylation sites (tertiary alicyclic amines) is 1. The van der Waals surface area contributed by atoms with Gasteiger partial charge in [0.2, 0.25) is 11.8 Å². The lowest BCUT2D eigenvalue weighted by molar-refractivity contribution is -0.131. The number of carbonyl (C=O) groups is 2. The van der Waals surface area contributed by atoms with E-state index in [-0.39, 0.29) is 24.3 Å². The normalized spacial score (nSPS) is 15.0. The van der Waals surface area contributed by atoms with E-state index in [1.165, 1.54) is 11.1 Å². The number of carbonyl (C=O) groups excluding carboxylic acids is 2. The van der Waals surface area contributed by atoms with Gasteiger partial charge in [0.1, 0.15) is 6.42 Å². The molecule has 2 amide bonds. The summed E-state index contributed by atoms with van der Waals surface area (Å²) in [6.07, 6.45) is 2.68. The number of rotatable bonds is 5. The van der Waals surface area contributed by atoms with Crippen molar-refractivity contribution in [1.29, 1.82) is 5.26 Å². The third kappa shape index (κ3) is 5.41. The van der Waals surface area contributed by atoms with Gasteiger partial charge in [-0.3, -0.25) is 9.59 Å². The van der Waals surface area contributed by atoms with E-state index < -0.39 is 0 Å². The SMILES string of the molecule is Cc1cccc(CCC(=O)NC2CCN(C(=O)CC#N)CC2)c1. The number of benzene rings is 1. The number of piperidine rings is 1. The summed E-state index contributed by atoms with van der Waals surface area (Å²) >= 11 is 0. The molecule has 1 aliphatic rings. The summed E-state index contributed by atoms with van der Waals surface area (Å²) in [6, 6.07) is 10.2. The molecule has 1 aromatic carbocycles. The van der Waals surface area contributed by atoms with Gasteiger partial charge in [-0.2, -0.15) is 5.26 Å². The Morgan fingerprint density at radius 3 is 2.74 bits per heavy atom. The van der Waals surface area contributed by atoms with Gasteiger partial charge in [0.15, 0.2) is 0 Å². The van der Waals surface area contributed by atoms with E-state index in [1.807, 2.05) is 31.2 Å². The predicted molar refractivity (Wildman–Crippen MR) is 87.5 cm³/mol. The highest BCUT2D eigenvalue weighted by atomic mass is 16.2. The molecule has 1 saturated heterocycles. The van der Waals surface area contributed by atoms with Crippen molar-refractivity contribution in [3.05, 3.63) is 35.4 Å². The molecular weight excluding hydrogens is 290 g/mol. The topological polar surface area (TPSA) is 73.2 Å². The third-order valence-electron chi connectivity index (χ3n) is 4.17. The molecule has 1 N–H and O–H groups in total. The molecule has 0 aliphatic carbocycles. The van der Waals surface area contributed by atoms with E-state index in [0.717, 1.165) is 19.3 Å². The largest absolute Gasteiger partial charge is 0.353 e. The van der Waals surface area contributed by atoms with Crippen LogP contribution in [0, 0.1) is 18.3 Å². The Hall–Kier alpha value is -2.35. The second-order valence-corrected chi connectivity index (χ2v) is 6.05. The van der Waals surface area contributed by atoms with Crippen LogP contribution in [0.15, 0.2) is 24.3 Å². The zero-order chi connectivity index (χ0) is 16.7. The highest BCUT2D eigenvalue weighted by Gasteiger charge is 2.23. The standard InChI is InChI=1S/C18H23N3O2/c1-14-3-2-4-15(13-14)5-6-17(22)20-16-8-11-21(12-9-16)18(23)7-10-19/h2-4,13,16H,5-9,11-12H2,1H3,(H,20,22). The van der Waals surface area contributed by atoms with Crippen molar-refractivity contribution in [3.8, 4) is 6.07 Å². The van der Waals surface area contributed by atoms with Crippen LogP contribution in [0.2, 0.25) is 0 Å². The molecule has 2 rings (SSSR count). The number of nitrogens with zero attached hydrogens (tertiary/aromatic N) is 2. The zero-order valence-corrected chi connectivity index (χ0v) is 13.5. The Kier molecular flexibility index (Phi) is 6.16. The average molecular weight is 313 g/mol. The highest BCUT2D eigenvalue weighted by Crippen LogP contribution is 2.12. The second-order valence-electron chi connectivity index (χ2n) is 6.05. The molecule has 5 heteroatoms. The van der Waals surface area contributed by atoms with Crippen LogP contribution in [0.5, 0.6) is 0 Å². The first-order valence-corrected chi connectivity index (χ1v) is 8.08. The molecule has 0 bridgehead atoms. The Bertz CT molecular complexity index is 599. The Morgan fingerprint density at radius 2 is 2.09 bits per heavy atom. The average Bonchev–Trinajstić information content (AvgIpc) is 2.54. The van der Waals surface area contributed by atoms with Gasteiger partial charge in [0.05, 0.1) is 6.07 Å². The summed E-state index contributed by atoms with van der Waals surface area (Å²) in [4.78, 5) is 25.4. The van der Waals surface area contributed by atoms with E-state index in [0.29, 0.717) is 19.5 Å². The number of hydrogen-bond acceptors (Lipinski definition) is 3. The fourth-order valence-electron chi connectivity index (χ4n) is 2.88. The Balaban J connectivity index is 1.71. The van der Waals surface area contributed by atoms with Gasteiger partial charge in [-0.1, -0.05) is 29.8 Å². The van der Waals surface area contributed by atoms with Crippen molar-refractivity contribution in [2.45, 2.75) is 45.1 Å². The van der Waals surface area contributed by atoms with Crippen LogP contribution in [0.4, 0.5) is 0 Å². The van der Waals surface area contributed by atoms with Gasteiger partial charge in [-0.15, -0.1) is 0 Å². The summed E-state index contributed by atoms with van der Waals surface area (Å²) < 4.78 is 0. The molecule has 1 aromatic rings. The fourth-order valence-corrected chi connectivity index (χ4v) is 2.88. The lowest BCUT2D eigenvalue weighted by Gasteiger charge is -2.32. The summed E-state index contributed by atoms with van der Waals surface area (Å²) in [5, 5.41) is 11.6. The van der Waals surface area contributed by atoms with E-state index in [1.54, 1.807) is 4.90 Å². The molecule has 0 saturated carbocycles. The van der Waals surface area contributed by atoms with Crippen LogP contribution in [0.25, 0.3) is 0 Å². The van der Waals surface area contributed by atoms with Crippen LogP contribution in [-0.4, -0.2) is 35.8 Å². The number of aryl methyl sites for hydroxylation is 2. The molecule has 5 nitrogen and oxygen atoms in total. The van der Waals surface area contributed by atoms with Crippen LogP contribution < -0.4 is 5.32 Å². The van der Waals surface area contributed by atoms with Gasteiger partial charge >= 0.3 is 0 Å². The van der Waals surface area contributed by atoms with Crippen molar-refractivity contribution in [2.24, 2.45) is 0 Å². The first-order valence-electron chi connectivity index (χ1n) is 8.08. The monoisotopic (exact) mass is 313 g/mol. The summed E-state index contributed by atoms with van der Waals surface area (Å²) in [5.41, 5.74) is 2.38. The third-order valence-corrected chi connectivity index (χ3v) is 4.17. The number of nitriles is 1. The van der Waals surface area contributed by atoms with Crippen molar-refractivity contribution in [2.75, 3.05) is 13.1 Å². The van der Waals surface area contributed by atoms with Crippen LogP contribution in [0.1, 0.15) is 36.8 Å². The molecule has 1 heterocycles. The fraction of sp³-hybridized carbons (Fsp3) is 0.500. The molecule has 23 heavy (non-hydrogen) atoms. The maximum absolute atomic E-state index is 12.1. The molecule has 0 spiro atoms. The van der Waals surface area contributed by atoms with Crippen molar-refractivity contribution in [1.82, 2.24) is 10.2 Å². The van der Waals surface area contributed by atoms with Crippen LogP contribution in [-0.2, 0) is 16.0 Å². The van der Waals surface area contributed by atoms with Crippen LogP contribution >= 0.6 is 0 Å². The first kappa shape index (κ1) is 17.0. The molecule has 0 unspecified atom stereocenters. The van der Waals surface area contributed by atoms with Gasteiger partial charge in [0, 0.05) is 25.6 Å². The molecule has 0 aromatic heterocycles. The quantitative estimate of drug-likeness (QED) is 0.903. The van der Waals surface area contributed by atoms with Gasteiger partial charge in [0.25, 0.3) is 0 Å². The lowest BCUT2D eigenvalue weighted by Crippen LogP contribution is -2.46. The Morgan fingerprint density at radius 1 is 1.35 bits per heavy atom. The predicted octanol–water partition coefficient (Wildman–Crippen LogP) is 1.95. The van der Waals surface area contributed by atoms with E-state index in [2.05, 4.69) is 11.4 Å². The minimum atomic E-state index is -0.114. The zero-order valence-electron chi connectivity index (χ0n) is 13.5. The first-order chi connectivity index (χ1) is 11.1. The van der Waals surface area contributed by atoms with Crippen molar-refractivity contribution >= 4 is 11.8 Å². The minimum Gasteiger partial charge on any atom is -0.353 e. The number of hydrogen-bond donors (Lipinski definition) is 1. The molecule has 122 valence electrons. The van der Waals surface area contributed by atoms with Gasteiger partial charge in [-0.05, 0) is 31.7 Å². The summed E-state index contributed by atoms with van der Waals surface area (Å²) in [6.45, 7) is 3.28. The molecular formula is C18H23N3O2. The van der Waals surface area contributed by atoms with Crippen LogP contribution in [0.3, 0.4) is 0 Å².